The van der Waals surface area contributed by atoms with Crippen molar-refractivity contribution in [2.75, 3.05) is 5.32 Å². The number of para-hydroxylation sites is 1. The summed E-state index contributed by atoms with van der Waals surface area (Å²) in [6.45, 7) is 0. The number of anilines is 1. The van der Waals surface area contributed by atoms with Crippen molar-refractivity contribution in [1.82, 2.24) is 0 Å². The Morgan fingerprint density at radius 2 is 2.05 bits per heavy atom. The molecule has 104 valence electrons. The number of hydrogen-bond donors (Lipinski definition) is 2. The summed E-state index contributed by atoms with van der Waals surface area (Å²) in [6, 6.07) is 8.87. The number of carbonyl (C=O) groups excluding carboxylic acids is 1. The van der Waals surface area contributed by atoms with Crippen LogP contribution in [0.15, 0.2) is 40.9 Å². The van der Waals surface area contributed by atoms with Crippen molar-refractivity contribution in [1.29, 1.82) is 0 Å². The number of benzene rings is 2. The van der Waals surface area contributed by atoms with Gasteiger partial charge in [0.2, 0.25) is 5.91 Å². The largest absolute Gasteiger partial charge is 0.508 e. The molecule has 0 saturated heterocycles. The molecule has 1 amide bonds. The van der Waals surface area contributed by atoms with E-state index in [2.05, 4.69) is 21.2 Å². The molecule has 20 heavy (non-hydrogen) atoms. The summed E-state index contributed by atoms with van der Waals surface area (Å²) in [6.07, 6.45) is -0.00712. The molecule has 2 aromatic carbocycles. The fourth-order valence-electron chi connectivity index (χ4n) is 1.68. The molecule has 0 aliphatic rings. The van der Waals surface area contributed by atoms with Crippen molar-refractivity contribution in [3.63, 3.8) is 0 Å². The molecule has 0 aliphatic heterocycles. The van der Waals surface area contributed by atoms with Gasteiger partial charge in [-0.25, -0.2) is 4.39 Å². The van der Waals surface area contributed by atoms with E-state index in [1.54, 1.807) is 18.2 Å². The molecule has 0 heterocycles. The Hall–Kier alpha value is -1.59. The molecule has 0 bridgehead atoms. The molecule has 0 atom stereocenters. The van der Waals surface area contributed by atoms with Gasteiger partial charge >= 0.3 is 0 Å². The highest BCUT2D eigenvalue weighted by Gasteiger charge is 2.13. The molecule has 2 aromatic rings. The third kappa shape index (κ3) is 3.49. The van der Waals surface area contributed by atoms with E-state index in [0.29, 0.717) is 15.7 Å². The number of rotatable bonds is 3. The van der Waals surface area contributed by atoms with Crippen molar-refractivity contribution in [2.24, 2.45) is 0 Å². The van der Waals surface area contributed by atoms with Crippen LogP contribution >= 0.6 is 27.5 Å². The van der Waals surface area contributed by atoms with Crippen LogP contribution in [0.5, 0.6) is 5.75 Å². The molecule has 2 rings (SSSR count). The summed E-state index contributed by atoms with van der Waals surface area (Å²) in [5.41, 5.74) is 0.799. The van der Waals surface area contributed by atoms with Crippen molar-refractivity contribution in [2.45, 2.75) is 6.42 Å². The number of phenolic OH excluding ortho intramolecular Hbond substituents is 1. The average Bonchev–Trinajstić information content (AvgIpc) is 2.36. The molecule has 0 spiro atoms. The van der Waals surface area contributed by atoms with Gasteiger partial charge in [0.1, 0.15) is 11.6 Å². The van der Waals surface area contributed by atoms with E-state index in [1.807, 2.05) is 0 Å². The lowest BCUT2D eigenvalue weighted by atomic mass is 10.1. The summed E-state index contributed by atoms with van der Waals surface area (Å²) < 4.78 is 13.4. The van der Waals surface area contributed by atoms with Gasteiger partial charge in [-0.2, -0.15) is 0 Å². The maximum atomic E-state index is 13.1. The SMILES string of the molecule is O=C(Cc1ccccc1O)Nc1c(Cl)cc(F)cc1Br. The topological polar surface area (TPSA) is 49.3 Å². The minimum absolute atomic E-state index is 0.00712. The summed E-state index contributed by atoms with van der Waals surface area (Å²) >= 11 is 9.02. The van der Waals surface area contributed by atoms with Crippen LogP contribution in [0, 0.1) is 5.82 Å². The lowest BCUT2D eigenvalue weighted by Gasteiger charge is -2.10. The molecule has 0 saturated carbocycles. The number of amides is 1. The number of carbonyl (C=O) groups is 1. The van der Waals surface area contributed by atoms with E-state index in [0.717, 1.165) is 6.07 Å². The Morgan fingerprint density at radius 1 is 1.35 bits per heavy atom. The standard InChI is InChI=1S/C14H10BrClFNO2/c15-10-6-9(17)7-11(16)14(10)18-13(20)5-8-3-1-2-4-12(8)19/h1-4,6-7,19H,5H2,(H,18,20). The Kier molecular flexibility index (Phi) is 4.62. The van der Waals surface area contributed by atoms with E-state index in [9.17, 15) is 14.3 Å². The van der Waals surface area contributed by atoms with Crippen LogP contribution in [0.3, 0.4) is 0 Å². The Balaban J connectivity index is 2.15. The first kappa shape index (κ1) is 14.8. The van der Waals surface area contributed by atoms with Gasteiger partial charge in [-0.05, 0) is 34.1 Å². The van der Waals surface area contributed by atoms with Gasteiger partial charge in [0.25, 0.3) is 0 Å². The van der Waals surface area contributed by atoms with E-state index < -0.39 is 5.82 Å². The van der Waals surface area contributed by atoms with Crippen LogP contribution in [0.4, 0.5) is 10.1 Å². The van der Waals surface area contributed by atoms with E-state index in [4.69, 9.17) is 11.6 Å². The molecule has 2 N–H and O–H groups in total. The molecule has 0 radical (unpaired) electrons. The molecular formula is C14H10BrClFNO2. The van der Waals surface area contributed by atoms with E-state index in [-0.39, 0.29) is 23.1 Å². The monoisotopic (exact) mass is 357 g/mol. The van der Waals surface area contributed by atoms with Gasteiger partial charge < -0.3 is 10.4 Å². The number of hydrogen-bond acceptors (Lipinski definition) is 2. The summed E-state index contributed by atoms with van der Waals surface area (Å²) in [5.74, 6) is -0.812. The molecule has 6 heteroatoms. The maximum absolute atomic E-state index is 13.1. The van der Waals surface area contributed by atoms with Gasteiger partial charge in [0.15, 0.2) is 0 Å². The Bertz CT molecular complexity index is 640. The van der Waals surface area contributed by atoms with Crippen LogP contribution in [0.2, 0.25) is 5.02 Å². The highest BCUT2D eigenvalue weighted by atomic mass is 79.9. The zero-order chi connectivity index (χ0) is 14.7. The van der Waals surface area contributed by atoms with Gasteiger partial charge in [-0.3, -0.25) is 4.79 Å². The number of halogens is 3. The average molecular weight is 359 g/mol. The smallest absolute Gasteiger partial charge is 0.229 e. The lowest BCUT2D eigenvalue weighted by Crippen LogP contribution is -2.15. The Labute approximate surface area is 128 Å². The van der Waals surface area contributed by atoms with Crippen molar-refractivity contribution in [3.8, 4) is 5.75 Å². The van der Waals surface area contributed by atoms with Crippen LogP contribution in [-0.4, -0.2) is 11.0 Å². The second-order valence-electron chi connectivity index (χ2n) is 4.10. The quantitative estimate of drug-likeness (QED) is 0.867. The molecule has 0 unspecified atom stereocenters. The van der Waals surface area contributed by atoms with Crippen LogP contribution < -0.4 is 5.32 Å². The highest BCUT2D eigenvalue weighted by Crippen LogP contribution is 2.32. The molecule has 0 fully saturated rings. The second kappa shape index (κ2) is 6.24. The predicted molar refractivity (Wildman–Crippen MR) is 79.6 cm³/mol. The zero-order valence-corrected chi connectivity index (χ0v) is 12.5. The number of aromatic hydroxyl groups is 1. The number of nitrogens with one attached hydrogen (secondary N) is 1. The third-order valence-electron chi connectivity index (χ3n) is 2.61. The predicted octanol–water partition coefficient (Wildman–Crippen LogP) is 4.13. The first-order valence-corrected chi connectivity index (χ1v) is 6.85. The first-order valence-electron chi connectivity index (χ1n) is 5.68. The minimum Gasteiger partial charge on any atom is -0.508 e. The normalized spacial score (nSPS) is 10.3. The van der Waals surface area contributed by atoms with Gasteiger partial charge in [-0.15, -0.1) is 0 Å². The Morgan fingerprint density at radius 3 is 2.70 bits per heavy atom. The highest BCUT2D eigenvalue weighted by molar-refractivity contribution is 9.10. The van der Waals surface area contributed by atoms with Gasteiger partial charge in [-0.1, -0.05) is 29.8 Å². The summed E-state index contributed by atoms with van der Waals surface area (Å²) in [5, 5.41) is 12.3. The molecule has 0 aromatic heterocycles. The number of phenols is 1. The molecule has 3 nitrogen and oxygen atoms in total. The third-order valence-corrected chi connectivity index (χ3v) is 3.54. The second-order valence-corrected chi connectivity index (χ2v) is 5.36. The van der Waals surface area contributed by atoms with Crippen LogP contribution in [0.1, 0.15) is 5.56 Å². The summed E-state index contributed by atoms with van der Waals surface area (Å²) in [4.78, 5) is 11.9. The van der Waals surface area contributed by atoms with Crippen molar-refractivity contribution in [3.05, 3.63) is 57.3 Å². The minimum atomic E-state index is -0.499. The lowest BCUT2D eigenvalue weighted by molar-refractivity contribution is -0.115. The van der Waals surface area contributed by atoms with E-state index >= 15 is 0 Å². The van der Waals surface area contributed by atoms with Gasteiger partial charge in [0.05, 0.1) is 17.1 Å². The van der Waals surface area contributed by atoms with Crippen LogP contribution in [0.25, 0.3) is 0 Å². The maximum Gasteiger partial charge on any atom is 0.229 e. The molecular weight excluding hydrogens is 349 g/mol. The van der Waals surface area contributed by atoms with Crippen LogP contribution in [-0.2, 0) is 11.2 Å². The van der Waals surface area contributed by atoms with Gasteiger partial charge in [0, 0.05) is 10.0 Å². The fraction of sp³-hybridized carbons (Fsp3) is 0.0714. The summed E-state index contributed by atoms with van der Waals surface area (Å²) in [7, 11) is 0. The first-order chi connectivity index (χ1) is 9.47. The van der Waals surface area contributed by atoms with E-state index in [1.165, 1.54) is 12.1 Å². The zero-order valence-electron chi connectivity index (χ0n) is 10.2. The van der Waals surface area contributed by atoms with Crippen molar-refractivity contribution < 1.29 is 14.3 Å². The molecule has 0 aliphatic carbocycles. The fourth-order valence-corrected chi connectivity index (χ4v) is 2.58. The van der Waals surface area contributed by atoms with Crippen molar-refractivity contribution >= 4 is 39.1 Å².